The zero-order chi connectivity index (χ0) is 24.6. The summed E-state index contributed by atoms with van der Waals surface area (Å²) < 4.78 is 10.5. The molecule has 35 heavy (non-hydrogen) atoms. The van der Waals surface area contributed by atoms with Crippen LogP contribution in [0.15, 0.2) is 66.0 Å². The Balaban J connectivity index is 1.31. The first-order chi connectivity index (χ1) is 17.0. The fourth-order valence-electron chi connectivity index (χ4n) is 4.16. The van der Waals surface area contributed by atoms with Gasteiger partial charge in [0.05, 0.1) is 24.4 Å². The summed E-state index contributed by atoms with van der Waals surface area (Å²) in [5.74, 6) is -0.310. The van der Waals surface area contributed by atoms with Gasteiger partial charge in [0.1, 0.15) is 5.75 Å². The summed E-state index contributed by atoms with van der Waals surface area (Å²) in [4.78, 5) is 41.0. The van der Waals surface area contributed by atoms with Gasteiger partial charge in [-0.25, -0.2) is 4.79 Å². The van der Waals surface area contributed by atoms with Crippen molar-refractivity contribution in [1.29, 1.82) is 0 Å². The van der Waals surface area contributed by atoms with E-state index >= 15 is 0 Å². The van der Waals surface area contributed by atoms with Crippen LogP contribution in [0.2, 0.25) is 0 Å². The van der Waals surface area contributed by atoms with Crippen molar-refractivity contribution in [3.63, 3.8) is 0 Å². The molecule has 1 fully saturated rings. The number of para-hydroxylation sites is 1. The van der Waals surface area contributed by atoms with E-state index in [4.69, 9.17) is 9.47 Å². The van der Waals surface area contributed by atoms with Crippen LogP contribution in [0.4, 0.5) is 5.69 Å². The maximum atomic E-state index is 12.8. The van der Waals surface area contributed by atoms with Gasteiger partial charge in [-0.05, 0) is 60.5 Å². The molecule has 0 aliphatic carbocycles. The standard InChI is InChI=1S/C27H28N2O5S/c1-33-20-13-10-19(11-14-20)12-15-25(30)28-22-7-3-2-6-21(22)27(32)34-18-26(31)29-16-4-8-23(29)24-9-5-17-35-24/h2-3,5-7,9-11,13-14,17,23H,4,8,12,15-16,18H2,1H3,(H,28,30). The number of nitrogens with zero attached hydrogens (tertiary/aromatic N) is 1. The van der Waals surface area contributed by atoms with E-state index in [1.165, 1.54) is 0 Å². The molecule has 7 nitrogen and oxygen atoms in total. The number of carbonyl (C=O) groups excluding carboxylic acids is 3. The van der Waals surface area contributed by atoms with Crippen LogP contribution in [0.3, 0.4) is 0 Å². The van der Waals surface area contributed by atoms with Crippen molar-refractivity contribution in [2.45, 2.75) is 31.7 Å². The Hall–Kier alpha value is -3.65. The number of amides is 2. The predicted molar refractivity (Wildman–Crippen MR) is 135 cm³/mol. The van der Waals surface area contributed by atoms with Crippen molar-refractivity contribution in [1.82, 2.24) is 4.90 Å². The first-order valence-electron chi connectivity index (χ1n) is 11.6. The average Bonchev–Trinajstić information content (AvgIpc) is 3.59. The van der Waals surface area contributed by atoms with Crippen LogP contribution in [0.25, 0.3) is 0 Å². The number of hydrogen-bond acceptors (Lipinski definition) is 6. The van der Waals surface area contributed by atoms with E-state index in [0.717, 1.165) is 29.0 Å². The van der Waals surface area contributed by atoms with Crippen molar-refractivity contribution < 1.29 is 23.9 Å². The number of anilines is 1. The molecule has 1 unspecified atom stereocenters. The zero-order valence-electron chi connectivity index (χ0n) is 19.6. The van der Waals surface area contributed by atoms with Crippen LogP contribution >= 0.6 is 11.3 Å². The highest BCUT2D eigenvalue weighted by Crippen LogP contribution is 2.34. The Labute approximate surface area is 208 Å². The highest BCUT2D eigenvalue weighted by atomic mass is 32.1. The van der Waals surface area contributed by atoms with Gasteiger partial charge in [-0.2, -0.15) is 0 Å². The summed E-state index contributed by atoms with van der Waals surface area (Å²) >= 11 is 1.63. The van der Waals surface area contributed by atoms with Gasteiger partial charge in [-0.1, -0.05) is 30.3 Å². The number of aryl methyl sites for hydroxylation is 1. The molecule has 182 valence electrons. The van der Waals surface area contributed by atoms with Crippen LogP contribution in [0.1, 0.15) is 46.1 Å². The molecule has 0 spiro atoms. The normalized spacial score (nSPS) is 15.0. The Morgan fingerprint density at radius 1 is 1.06 bits per heavy atom. The second kappa shape index (κ2) is 11.7. The van der Waals surface area contributed by atoms with Crippen molar-refractivity contribution in [2.24, 2.45) is 0 Å². The van der Waals surface area contributed by atoms with Crippen LogP contribution in [0, 0.1) is 0 Å². The topological polar surface area (TPSA) is 84.9 Å². The molecule has 1 aromatic heterocycles. The fourth-order valence-corrected chi connectivity index (χ4v) is 5.04. The summed E-state index contributed by atoms with van der Waals surface area (Å²) in [6.07, 6.45) is 2.64. The quantitative estimate of drug-likeness (QED) is 0.432. The number of nitrogens with one attached hydrogen (secondary N) is 1. The molecule has 1 aliphatic heterocycles. The van der Waals surface area contributed by atoms with Crippen molar-refractivity contribution in [2.75, 3.05) is 25.6 Å². The third-order valence-corrected chi connectivity index (χ3v) is 6.97. The molecule has 8 heteroatoms. The number of carbonyl (C=O) groups is 3. The first-order valence-corrected chi connectivity index (χ1v) is 12.4. The number of thiophene rings is 1. The van der Waals surface area contributed by atoms with Gasteiger partial charge in [0, 0.05) is 17.8 Å². The van der Waals surface area contributed by atoms with Crippen molar-refractivity contribution in [3.05, 3.63) is 82.0 Å². The zero-order valence-corrected chi connectivity index (χ0v) is 20.4. The van der Waals surface area contributed by atoms with E-state index in [2.05, 4.69) is 5.32 Å². The van der Waals surface area contributed by atoms with E-state index in [1.54, 1.807) is 47.6 Å². The predicted octanol–water partition coefficient (Wildman–Crippen LogP) is 4.85. The third kappa shape index (κ3) is 6.27. The Bertz CT molecular complexity index is 1160. The number of benzene rings is 2. The minimum absolute atomic E-state index is 0.0403. The Morgan fingerprint density at radius 2 is 1.86 bits per heavy atom. The summed E-state index contributed by atoms with van der Waals surface area (Å²) in [5.41, 5.74) is 1.59. The molecule has 1 N–H and O–H groups in total. The van der Waals surface area contributed by atoms with E-state index in [0.29, 0.717) is 18.7 Å². The summed E-state index contributed by atoms with van der Waals surface area (Å²) in [7, 11) is 1.61. The molecule has 1 atom stereocenters. The molecule has 0 bridgehead atoms. The molecule has 2 heterocycles. The lowest BCUT2D eigenvalue weighted by Gasteiger charge is -2.23. The van der Waals surface area contributed by atoms with Gasteiger partial charge in [0.25, 0.3) is 5.91 Å². The fraction of sp³-hybridized carbons (Fsp3) is 0.296. The van der Waals surface area contributed by atoms with Gasteiger partial charge in [-0.3, -0.25) is 9.59 Å². The largest absolute Gasteiger partial charge is 0.497 e. The lowest BCUT2D eigenvalue weighted by atomic mass is 10.1. The molecule has 1 saturated heterocycles. The number of ether oxygens (including phenoxy) is 2. The first kappa shape index (κ1) is 24.5. The molecule has 0 radical (unpaired) electrons. The molecule has 3 aromatic rings. The van der Waals surface area contributed by atoms with Gasteiger partial charge >= 0.3 is 5.97 Å². The minimum Gasteiger partial charge on any atom is -0.497 e. The highest BCUT2D eigenvalue weighted by molar-refractivity contribution is 7.10. The number of likely N-dealkylation sites (tertiary alicyclic amines) is 1. The van der Waals surface area contributed by atoms with Gasteiger partial charge in [0.15, 0.2) is 6.61 Å². The van der Waals surface area contributed by atoms with E-state index in [9.17, 15) is 14.4 Å². The summed E-state index contributed by atoms with van der Waals surface area (Å²) in [6, 6.07) is 18.2. The van der Waals surface area contributed by atoms with E-state index < -0.39 is 5.97 Å². The summed E-state index contributed by atoms with van der Waals surface area (Å²) in [6.45, 7) is 0.320. The average molecular weight is 493 g/mol. The Kier molecular flexibility index (Phi) is 8.15. The van der Waals surface area contributed by atoms with Gasteiger partial charge in [-0.15, -0.1) is 11.3 Å². The number of esters is 1. The van der Waals surface area contributed by atoms with E-state index in [-0.39, 0.29) is 36.4 Å². The monoisotopic (exact) mass is 492 g/mol. The van der Waals surface area contributed by atoms with Gasteiger partial charge < -0.3 is 19.7 Å². The number of rotatable bonds is 9. The van der Waals surface area contributed by atoms with Crippen LogP contribution in [-0.4, -0.2) is 42.9 Å². The third-order valence-electron chi connectivity index (χ3n) is 5.99. The lowest BCUT2D eigenvalue weighted by molar-refractivity contribution is -0.135. The maximum absolute atomic E-state index is 12.8. The number of methoxy groups -OCH3 is 1. The molecule has 2 aromatic carbocycles. The molecule has 2 amide bonds. The second-order valence-corrected chi connectivity index (χ2v) is 9.26. The molecule has 1 aliphatic rings. The van der Waals surface area contributed by atoms with E-state index in [1.807, 2.05) is 41.8 Å². The number of hydrogen-bond donors (Lipinski definition) is 1. The highest BCUT2D eigenvalue weighted by Gasteiger charge is 2.31. The second-order valence-electron chi connectivity index (χ2n) is 8.28. The SMILES string of the molecule is COc1ccc(CCC(=O)Nc2ccccc2C(=O)OCC(=O)N2CCCC2c2cccs2)cc1. The molecular weight excluding hydrogens is 464 g/mol. The molecular formula is C27H28N2O5S. The Morgan fingerprint density at radius 3 is 2.60 bits per heavy atom. The van der Waals surface area contributed by atoms with Crippen LogP contribution in [-0.2, 0) is 20.7 Å². The smallest absolute Gasteiger partial charge is 0.340 e. The minimum atomic E-state index is -0.642. The van der Waals surface area contributed by atoms with Crippen LogP contribution < -0.4 is 10.1 Å². The van der Waals surface area contributed by atoms with Crippen molar-refractivity contribution >= 4 is 34.8 Å². The van der Waals surface area contributed by atoms with Crippen LogP contribution in [0.5, 0.6) is 5.75 Å². The van der Waals surface area contributed by atoms with Gasteiger partial charge in [0.2, 0.25) is 5.91 Å². The molecule has 4 rings (SSSR count). The summed E-state index contributed by atoms with van der Waals surface area (Å²) in [5, 5.41) is 4.79. The van der Waals surface area contributed by atoms with Crippen molar-refractivity contribution in [3.8, 4) is 5.75 Å². The maximum Gasteiger partial charge on any atom is 0.340 e. The molecule has 0 saturated carbocycles. The lowest BCUT2D eigenvalue weighted by Crippen LogP contribution is -2.34.